The number of aliphatic hydroxyl groups is 1. The van der Waals surface area contributed by atoms with Gasteiger partial charge in [0.15, 0.2) is 0 Å². The van der Waals surface area contributed by atoms with Crippen LogP contribution in [0.15, 0.2) is 0 Å². The van der Waals surface area contributed by atoms with Crippen LogP contribution in [0.5, 0.6) is 0 Å². The van der Waals surface area contributed by atoms with Gasteiger partial charge in [-0.1, -0.05) is 13.8 Å². The van der Waals surface area contributed by atoms with Gasteiger partial charge in [-0.05, 0) is 57.5 Å². The summed E-state index contributed by atoms with van der Waals surface area (Å²) < 4.78 is 0. The van der Waals surface area contributed by atoms with Crippen molar-refractivity contribution in [3.8, 4) is 0 Å². The Morgan fingerprint density at radius 1 is 1.33 bits per heavy atom. The molecule has 3 atom stereocenters. The number of rotatable bonds is 5. The predicted molar refractivity (Wildman–Crippen MR) is 75.7 cm³/mol. The second kappa shape index (κ2) is 5.89. The SMILES string of the molecule is CC(O)CC(C)(C)CNC1CCN2CCCC2C1. The van der Waals surface area contributed by atoms with Crippen LogP contribution in [0.1, 0.15) is 52.9 Å². The van der Waals surface area contributed by atoms with Crippen LogP contribution in [0.25, 0.3) is 0 Å². The molecule has 2 fully saturated rings. The van der Waals surface area contributed by atoms with Gasteiger partial charge >= 0.3 is 0 Å². The Kier molecular flexibility index (Phi) is 4.68. The Morgan fingerprint density at radius 2 is 2.11 bits per heavy atom. The van der Waals surface area contributed by atoms with E-state index in [2.05, 4.69) is 24.1 Å². The van der Waals surface area contributed by atoms with E-state index in [0.29, 0.717) is 6.04 Å². The fraction of sp³-hybridized carbons (Fsp3) is 1.00. The van der Waals surface area contributed by atoms with Crippen LogP contribution in [0, 0.1) is 5.41 Å². The standard InChI is InChI=1S/C15H30N2O/c1-12(18)10-15(2,3)11-16-13-6-8-17-7-4-5-14(17)9-13/h12-14,16,18H,4-11H2,1-3H3. The average molecular weight is 254 g/mol. The molecule has 0 aromatic carbocycles. The minimum atomic E-state index is -0.196. The van der Waals surface area contributed by atoms with Gasteiger partial charge in [0.25, 0.3) is 0 Å². The molecule has 3 unspecified atom stereocenters. The first-order valence-corrected chi connectivity index (χ1v) is 7.62. The molecular formula is C15H30N2O. The molecule has 0 saturated carbocycles. The van der Waals surface area contributed by atoms with Crippen molar-refractivity contribution in [1.29, 1.82) is 0 Å². The summed E-state index contributed by atoms with van der Waals surface area (Å²) in [6.45, 7) is 10.0. The van der Waals surface area contributed by atoms with Gasteiger partial charge in [-0.3, -0.25) is 0 Å². The molecule has 3 heteroatoms. The van der Waals surface area contributed by atoms with Crippen molar-refractivity contribution in [1.82, 2.24) is 10.2 Å². The number of hydrogen-bond acceptors (Lipinski definition) is 3. The van der Waals surface area contributed by atoms with Crippen molar-refractivity contribution in [3.63, 3.8) is 0 Å². The van der Waals surface area contributed by atoms with E-state index in [9.17, 15) is 5.11 Å². The molecule has 18 heavy (non-hydrogen) atoms. The average Bonchev–Trinajstić information content (AvgIpc) is 2.71. The van der Waals surface area contributed by atoms with Crippen LogP contribution in [0.2, 0.25) is 0 Å². The van der Waals surface area contributed by atoms with Crippen LogP contribution >= 0.6 is 0 Å². The van der Waals surface area contributed by atoms with E-state index in [1.54, 1.807) is 0 Å². The highest BCUT2D eigenvalue weighted by Gasteiger charge is 2.32. The number of nitrogens with zero attached hydrogens (tertiary/aromatic N) is 1. The first-order chi connectivity index (χ1) is 8.46. The number of aliphatic hydroxyl groups excluding tert-OH is 1. The fourth-order valence-electron chi connectivity index (χ4n) is 3.70. The van der Waals surface area contributed by atoms with Gasteiger partial charge in [0.1, 0.15) is 0 Å². The zero-order valence-corrected chi connectivity index (χ0v) is 12.3. The number of nitrogens with one attached hydrogen (secondary N) is 1. The molecule has 2 saturated heterocycles. The molecular weight excluding hydrogens is 224 g/mol. The van der Waals surface area contributed by atoms with Crippen LogP contribution in [0.4, 0.5) is 0 Å². The Bertz CT molecular complexity index is 265. The molecule has 2 aliphatic heterocycles. The van der Waals surface area contributed by atoms with Gasteiger partial charge in [-0.25, -0.2) is 0 Å². The van der Waals surface area contributed by atoms with E-state index < -0.39 is 0 Å². The number of fused-ring (bicyclic) bond motifs is 1. The van der Waals surface area contributed by atoms with E-state index in [0.717, 1.165) is 19.0 Å². The second-order valence-corrected chi connectivity index (χ2v) is 7.15. The van der Waals surface area contributed by atoms with Crippen molar-refractivity contribution in [2.24, 2.45) is 5.41 Å². The first-order valence-electron chi connectivity index (χ1n) is 7.62. The van der Waals surface area contributed by atoms with Gasteiger partial charge < -0.3 is 15.3 Å². The molecule has 106 valence electrons. The smallest absolute Gasteiger partial charge is 0.0517 e. The van der Waals surface area contributed by atoms with Gasteiger partial charge in [0.05, 0.1) is 6.10 Å². The zero-order valence-electron chi connectivity index (χ0n) is 12.3. The maximum atomic E-state index is 9.51. The predicted octanol–water partition coefficient (Wildman–Crippen LogP) is 2.00. The summed E-state index contributed by atoms with van der Waals surface area (Å²) in [6, 6.07) is 1.54. The molecule has 2 N–H and O–H groups in total. The summed E-state index contributed by atoms with van der Waals surface area (Å²) in [4.78, 5) is 2.67. The molecule has 2 aliphatic rings. The van der Waals surface area contributed by atoms with E-state index in [1.165, 1.54) is 38.8 Å². The van der Waals surface area contributed by atoms with E-state index in [1.807, 2.05) is 6.92 Å². The minimum absolute atomic E-state index is 0.195. The second-order valence-electron chi connectivity index (χ2n) is 7.15. The van der Waals surface area contributed by atoms with E-state index in [4.69, 9.17) is 0 Å². The third-order valence-electron chi connectivity index (χ3n) is 4.54. The zero-order chi connectivity index (χ0) is 13.2. The molecule has 0 aliphatic carbocycles. The summed E-state index contributed by atoms with van der Waals surface area (Å²) >= 11 is 0. The van der Waals surface area contributed by atoms with Gasteiger partial charge in [-0.2, -0.15) is 0 Å². The minimum Gasteiger partial charge on any atom is -0.393 e. The highest BCUT2D eigenvalue weighted by Crippen LogP contribution is 2.28. The third kappa shape index (κ3) is 3.94. The maximum absolute atomic E-state index is 9.51. The third-order valence-corrected chi connectivity index (χ3v) is 4.54. The Labute approximate surface area is 112 Å². The molecule has 0 radical (unpaired) electrons. The molecule has 0 spiro atoms. The van der Waals surface area contributed by atoms with Crippen LogP contribution in [-0.4, -0.2) is 47.8 Å². The summed E-state index contributed by atoms with van der Waals surface area (Å²) in [6.07, 6.45) is 6.09. The largest absolute Gasteiger partial charge is 0.393 e. The fourth-order valence-corrected chi connectivity index (χ4v) is 3.70. The first kappa shape index (κ1) is 14.3. The molecule has 0 bridgehead atoms. The summed E-state index contributed by atoms with van der Waals surface area (Å²) in [5.41, 5.74) is 0.195. The van der Waals surface area contributed by atoms with Gasteiger partial charge in [-0.15, -0.1) is 0 Å². The molecule has 2 rings (SSSR count). The molecule has 2 heterocycles. The van der Waals surface area contributed by atoms with E-state index in [-0.39, 0.29) is 11.5 Å². The lowest BCUT2D eigenvalue weighted by molar-refractivity contribution is 0.117. The lowest BCUT2D eigenvalue weighted by Gasteiger charge is -2.37. The Hall–Kier alpha value is -0.120. The van der Waals surface area contributed by atoms with E-state index >= 15 is 0 Å². The highest BCUT2D eigenvalue weighted by atomic mass is 16.3. The number of piperidine rings is 1. The van der Waals surface area contributed by atoms with Gasteiger partial charge in [0.2, 0.25) is 0 Å². The van der Waals surface area contributed by atoms with Crippen molar-refractivity contribution < 1.29 is 5.11 Å². The normalized spacial score (nSPS) is 31.3. The summed E-state index contributed by atoms with van der Waals surface area (Å²) in [5, 5.41) is 13.3. The van der Waals surface area contributed by atoms with Gasteiger partial charge in [0, 0.05) is 18.6 Å². The highest BCUT2D eigenvalue weighted by molar-refractivity contribution is 4.90. The van der Waals surface area contributed by atoms with Crippen LogP contribution < -0.4 is 5.32 Å². The molecule has 0 aromatic rings. The van der Waals surface area contributed by atoms with Crippen molar-refractivity contribution >= 4 is 0 Å². The molecule has 3 nitrogen and oxygen atoms in total. The lowest BCUT2D eigenvalue weighted by Crippen LogP contribution is -2.47. The Morgan fingerprint density at radius 3 is 2.83 bits per heavy atom. The summed E-state index contributed by atoms with van der Waals surface area (Å²) in [5.74, 6) is 0. The molecule has 0 aromatic heterocycles. The van der Waals surface area contributed by atoms with Crippen LogP contribution in [0.3, 0.4) is 0 Å². The quantitative estimate of drug-likeness (QED) is 0.788. The molecule has 0 amide bonds. The van der Waals surface area contributed by atoms with Crippen molar-refractivity contribution in [2.75, 3.05) is 19.6 Å². The number of hydrogen-bond donors (Lipinski definition) is 2. The summed E-state index contributed by atoms with van der Waals surface area (Å²) in [7, 11) is 0. The van der Waals surface area contributed by atoms with Crippen molar-refractivity contribution in [3.05, 3.63) is 0 Å². The maximum Gasteiger partial charge on any atom is 0.0517 e. The lowest BCUT2D eigenvalue weighted by atomic mass is 9.86. The van der Waals surface area contributed by atoms with Crippen molar-refractivity contribution in [2.45, 2.75) is 71.1 Å². The topological polar surface area (TPSA) is 35.5 Å². The monoisotopic (exact) mass is 254 g/mol. The van der Waals surface area contributed by atoms with Crippen LogP contribution in [-0.2, 0) is 0 Å². The Balaban J connectivity index is 1.73.